The highest BCUT2D eigenvalue weighted by Crippen LogP contribution is 2.24. The van der Waals surface area contributed by atoms with E-state index < -0.39 is 5.97 Å². The smallest absolute Gasteiger partial charge is 0.320 e. The van der Waals surface area contributed by atoms with Gasteiger partial charge in [0.25, 0.3) is 0 Å². The highest BCUT2D eigenvalue weighted by atomic mass is 16.5. The highest BCUT2D eigenvalue weighted by Gasteiger charge is 2.32. The van der Waals surface area contributed by atoms with E-state index in [-0.39, 0.29) is 6.04 Å². The zero-order valence-corrected chi connectivity index (χ0v) is 10.4. The lowest BCUT2D eigenvalue weighted by molar-refractivity contribution is -0.144. The van der Waals surface area contributed by atoms with Gasteiger partial charge in [0.2, 0.25) is 0 Å². The van der Waals surface area contributed by atoms with Crippen molar-refractivity contribution in [1.82, 2.24) is 4.90 Å². The quantitative estimate of drug-likeness (QED) is 0.802. The summed E-state index contributed by atoms with van der Waals surface area (Å²) in [6, 6.07) is 0.150. The number of ether oxygens (including phenoxy) is 1. The van der Waals surface area contributed by atoms with Crippen LogP contribution in [0.15, 0.2) is 0 Å². The molecule has 98 valence electrons. The summed E-state index contributed by atoms with van der Waals surface area (Å²) in [6.07, 6.45) is 7.31. The maximum atomic E-state index is 11.4. The van der Waals surface area contributed by atoms with Crippen molar-refractivity contribution in [2.75, 3.05) is 19.8 Å². The zero-order chi connectivity index (χ0) is 12.1. The van der Waals surface area contributed by atoms with Crippen LogP contribution in [0.5, 0.6) is 0 Å². The van der Waals surface area contributed by atoms with Crippen molar-refractivity contribution in [3.63, 3.8) is 0 Å². The first kappa shape index (κ1) is 12.8. The third kappa shape index (κ3) is 3.42. The Labute approximate surface area is 103 Å². The molecule has 0 aromatic carbocycles. The molecule has 1 N–H and O–H groups in total. The van der Waals surface area contributed by atoms with Crippen LogP contribution in [-0.4, -0.2) is 47.8 Å². The van der Waals surface area contributed by atoms with E-state index >= 15 is 0 Å². The van der Waals surface area contributed by atoms with E-state index in [0.717, 1.165) is 58.3 Å². The van der Waals surface area contributed by atoms with Gasteiger partial charge in [-0.3, -0.25) is 9.69 Å². The molecule has 17 heavy (non-hydrogen) atoms. The lowest BCUT2D eigenvalue weighted by Crippen LogP contribution is -2.47. The lowest BCUT2D eigenvalue weighted by Gasteiger charge is -2.34. The maximum absolute atomic E-state index is 11.4. The van der Waals surface area contributed by atoms with Gasteiger partial charge in [-0.25, -0.2) is 0 Å². The van der Waals surface area contributed by atoms with Gasteiger partial charge in [0.15, 0.2) is 0 Å². The van der Waals surface area contributed by atoms with Crippen molar-refractivity contribution < 1.29 is 14.6 Å². The average Bonchev–Trinajstić information content (AvgIpc) is 2.71. The van der Waals surface area contributed by atoms with Crippen LogP contribution in [0, 0.1) is 0 Å². The molecule has 0 aliphatic carbocycles. The summed E-state index contributed by atoms with van der Waals surface area (Å²) in [6.45, 7) is 2.57. The molecular formula is C13H23NO3. The van der Waals surface area contributed by atoms with Crippen LogP contribution in [-0.2, 0) is 9.53 Å². The third-order valence-corrected chi connectivity index (χ3v) is 3.97. The summed E-state index contributed by atoms with van der Waals surface area (Å²) >= 11 is 0. The van der Waals surface area contributed by atoms with Crippen LogP contribution in [0.2, 0.25) is 0 Å². The second-order valence-corrected chi connectivity index (χ2v) is 5.14. The molecule has 0 aromatic rings. The van der Waals surface area contributed by atoms with Crippen LogP contribution in [0.25, 0.3) is 0 Å². The van der Waals surface area contributed by atoms with Crippen molar-refractivity contribution in [2.45, 2.75) is 57.0 Å². The molecule has 0 aromatic heterocycles. The van der Waals surface area contributed by atoms with Crippen molar-refractivity contribution in [2.24, 2.45) is 0 Å². The molecule has 0 bridgehead atoms. The standard InChI is InChI=1S/C13H23NO3/c15-13(16)12-6-2-1-3-8-14(12)11-5-4-9-17-10-7-11/h11-12H,1-10H2,(H,15,16). The Morgan fingerprint density at radius 1 is 1.06 bits per heavy atom. The Balaban J connectivity index is 2.04. The summed E-state index contributed by atoms with van der Waals surface area (Å²) in [4.78, 5) is 13.6. The van der Waals surface area contributed by atoms with Crippen molar-refractivity contribution in [3.8, 4) is 0 Å². The molecule has 2 saturated heterocycles. The van der Waals surface area contributed by atoms with Crippen LogP contribution in [0.1, 0.15) is 44.9 Å². The summed E-state index contributed by atoms with van der Waals surface area (Å²) < 4.78 is 5.47. The molecule has 2 aliphatic heterocycles. The largest absolute Gasteiger partial charge is 0.480 e. The van der Waals surface area contributed by atoms with Gasteiger partial charge in [-0.1, -0.05) is 12.8 Å². The Hall–Kier alpha value is -0.610. The lowest BCUT2D eigenvalue weighted by atomic mass is 10.0. The summed E-state index contributed by atoms with van der Waals surface area (Å²) in [5.41, 5.74) is 0. The number of carboxylic acid groups (broad SMARTS) is 1. The monoisotopic (exact) mass is 241 g/mol. The fraction of sp³-hybridized carbons (Fsp3) is 0.923. The number of carboxylic acids is 1. The fourth-order valence-corrected chi connectivity index (χ4v) is 3.05. The summed E-state index contributed by atoms with van der Waals surface area (Å²) in [5, 5.41) is 9.36. The van der Waals surface area contributed by atoms with Crippen LogP contribution in [0.4, 0.5) is 0 Å². The van der Waals surface area contributed by atoms with Crippen molar-refractivity contribution >= 4 is 5.97 Å². The van der Waals surface area contributed by atoms with Gasteiger partial charge in [-0.15, -0.1) is 0 Å². The first-order valence-electron chi connectivity index (χ1n) is 6.85. The zero-order valence-electron chi connectivity index (χ0n) is 10.4. The Morgan fingerprint density at radius 2 is 1.94 bits per heavy atom. The second kappa shape index (κ2) is 6.36. The van der Waals surface area contributed by atoms with E-state index in [2.05, 4.69) is 4.90 Å². The minimum absolute atomic E-state index is 0.263. The molecule has 2 fully saturated rings. The minimum Gasteiger partial charge on any atom is -0.480 e. The third-order valence-electron chi connectivity index (χ3n) is 3.97. The number of rotatable bonds is 2. The molecule has 2 heterocycles. The Bertz CT molecular complexity index is 249. The van der Waals surface area contributed by atoms with Gasteiger partial charge >= 0.3 is 5.97 Å². The molecule has 2 rings (SSSR count). The van der Waals surface area contributed by atoms with Crippen molar-refractivity contribution in [1.29, 1.82) is 0 Å². The molecule has 2 atom stereocenters. The van der Waals surface area contributed by atoms with Gasteiger partial charge in [0, 0.05) is 19.3 Å². The van der Waals surface area contributed by atoms with Crippen LogP contribution < -0.4 is 0 Å². The molecule has 2 aliphatic rings. The van der Waals surface area contributed by atoms with E-state index in [1.54, 1.807) is 0 Å². The van der Waals surface area contributed by atoms with Gasteiger partial charge in [0.05, 0.1) is 0 Å². The number of hydrogen-bond acceptors (Lipinski definition) is 3. The molecule has 0 spiro atoms. The van der Waals surface area contributed by atoms with Crippen LogP contribution >= 0.6 is 0 Å². The maximum Gasteiger partial charge on any atom is 0.320 e. The number of hydrogen-bond donors (Lipinski definition) is 1. The molecule has 4 nitrogen and oxygen atoms in total. The van der Waals surface area contributed by atoms with E-state index in [9.17, 15) is 9.90 Å². The minimum atomic E-state index is -0.642. The van der Waals surface area contributed by atoms with Crippen LogP contribution in [0.3, 0.4) is 0 Å². The molecule has 0 saturated carbocycles. The van der Waals surface area contributed by atoms with Crippen molar-refractivity contribution in [3.05, 3.63) is 0 Å². The molecule has 2 unspecified atom stereocenters. The number of carbonyl (C=O) groups is 1. The van der Waals surface area contributed by atoms with Gasteiger partial charge in [0.1, 0.15) is 6.04 Å². The molecule has 4 heteroatoms. The predicted octanol–water partition coefficient (Wildman–Crippen LogP) is 1.88. The average molecular weight is 241 g/mol. The fourth-order valence-electron chi connectivity index (χ4n) is 3.05. The Kier molecular flexibility index (Phi) is 4.80. The van der Waals surface area contributed by atoms with Gasteiger partial charge in [-0.05, 0) is 38.6 Å². The number of likely N-dealkylation sites (tertiary alicyclic amines) is 1. The summed E-state index contributed by atoms with van der Waals surface area (Å²) in [5.74, 6) is -0.642. The normalized spacial score (nSPS) is 32.7. The molecule has 0 amide bonds. The highest BCUT2D eigenvalue weighted by molar-refractivity contribution is 5.73. The molecular weight excluding hydrogens is 218 g/mol. The number of nitrogens with zero attached hydrogens (tertiary/aromatic N) is 1. The van der Waals surface area contributed by atoms with E-state index in [4.69, 9.17) is 4.74 Å². The molecule has 0 radical (unpaired) electrons. The van der Waals surface area contributed by atoms with Gasteiger partial charge in [-0.2, -0.15) is 0 Å². The predicted molar refractivity (Wildman–Crippen MR) is 65.1 cm³/mol. The first-order valence-corrected chi connectivity index (χ1v) is 6.85. The Morgan fingerprint density at radius 3 is 2.76 bits per heavy atom. The SMILES string of the molecule is O=C(O)C1CCCCCN1C1CCCOCC1. The van der Waals surface area contributed by atoms with Gasteiger partial charge < -0.3 is 9.84 Å². The van der Waals surface area contributed by atoms with E-state index in [0.29, 0.717) is 6.04 Å². The number of aliphatic carboxylic acids is 1. The van der Waals surface area contributed by atoms with E-state index in [1.807, 2.05) is 0 Å². The second-order valence-electron chi connectivity index (χ2n) is 5.14. The summed E-state index contributed by atoms with van der Waals surface area (Å²) in [7, 11) is 0. The van der Waals surface area contributed by atoms with E-state index in [1.165, 1.54) is 6.42 Å². The topological polar surface area (TPSA) is 49.8 Å². The first-order chi connectivity index (χ1) is 8.29.